The third-order valence-electron chi connectivity index (χ3n) is 8.17. The molecule has 0 bridgehead atoms. The van der Waals surface area contributed by atoms with Gasteiger partial charge in [-0.3, -0.25) is 8.98 Å². The SMILES string of the molecule is Cc1ccc(S(=O)(=O)O[C@H]2CCN([C@H]3CCN(c4ncc(C(F)(F)F)cn4)C[C@H]3O[Si](C)(C)C(C)(C)C)C2=O)cc1. The standard InChI is InChI=1S/C27H37F3N4O5SSi/c1-18-7-9-20(10-8-18)40(36,37)38-22-12-14-34(24(22)35)21-11-13-33(17-23(21)39-41(5,6)26(2,3)4)25-31-15-19(16-32-25)27(28,29)30/h7-10,15-16,21-23H,11-14,17H2,1-6H3/t21-,22-,23+/m0/s1. The quantitative estimate of drug-likeness (QED) is 0.325. The smallest absolute Gasteiger partial charge is 0.410 e. The Balaban J connectivity index is 1.54. The van der Waals surface area contributed by atoms with Gasteiger partial charge in [0.2, 0.25) is 5.95 Å². The molecule has 4 rings (SSSR count). The Morgan fingerprint density at radius 3 is 2.17 bits per heavy atom. The van der Waals surface area contributed by atoms with E-state index in [0.717, 1.165) is 18.0 Å². The lowest BCUT2D eigenvalue weighted by Crippen LogP contribution is -2.60. The minimum atomic E-state index is -4.54. The lowest BCUT2D eigenvalue weighted by atomic mass is 10.0. The average Bonchev–Trinajstić information content (AvgIpc) is 3.22. The Bertz CT molecular complexity index is 1350. The highest BCUT2D eigenvalue weighted by Gasteiger charge is 2.48. The minimum Gasteiger partial charge on any atom is -0.410 e. The summed E-state index contributed by atoms with van der Waals surface area (Å²) in [5, 5.41) is -0.145. The number of halogens is 3. The zero-order chi connectivity index (χ0) is 30.4. The molecule has 2 aromatic rings. The van der Waals surface area contributed by atoms with Gasteiger partial charge in [0.1, 0.15) is 0 Å². The molecule has 3 heterocycles. The first kappa shape index (κ1) is 31.4. The van der Waals surface area contributed by atoms with Crippen LogP contribution in [0.25, 0.3) is 0 Å². The number of carbonyl (C=O) groups is 1. The maximum absolute atomic E-state index is 13.5. The van der Waals surface area contributed by atoms with Gasteiger partial charge < -0.3 is 14.2 Å². The van der Waals surface area contributed by atoms with Crippen molar-refractivity contribution < 1.29 is 35.0 Å². The van der Waals surface area contributed by atoms with Crippen molar-refractivity contribution in [2.24, 2.45) is 0 Å². The molecule has 2 aliphatic rings. The molecule has 3 atom stereocenters. The van der Waals surface area contributed by atoms with E-state index >= 15 is 0 Å². The van der Waals surface area contributed by atoms with Gasteiger partial charge in [0, 0.05) is 38.4 Å². The van der Waals surface area contributed by atoms with Crippen molar-refractivity contribution in [3.05, 3.63) is 47.8 Å². The summed E-state index contributed by atoms with van der Waals surface area (Å²) in [5.41, 5.74) is -0.0348. The van der Waals surface area contributed by atoms with Crippen molar-refractivity contribution in [2.45, 2.75) is 88.0 Å². The minimum absolute atomic E-state index is 0.0154. The zero-order valence-corrected chi connectivity index (χ0v) is 25.9. The second-order valence-electron chi connectivity index (χ2n) is 12.2. The number of piperidine rings is 1. The van der Waals surface area contributed by atoms with Gasteiger partial charge in [0.05, 0.1) is 22.6 Å². The van der Waals surface area contributed by atoms with E-state index in [-0.39, 0.29) is 34.9 Å². The maximum Gasteiger partial charge on any atom is 0.419 e. The molecule has 9 nitrogen and oxygen atoms in total. The average molecular weight is 615 g/mol. The monoisotopic (exact) mass is 614 g/mol. The van der Waals surface area contributed by atoms with Crippen LogP contribution in [0.5, 0.6) is 0 Å². The normalized spacial score (nSPS) is 22.9. The molecule has 0 saturated carbocycles. The first-order chi connectivity index (χ1) is 18.9. The maximum atomic E-state index is 13.5. The van der Waals surface area contributed by atoms with Gasteiger partial charge in [-0.1, -0.05) is 38.5 Å². The molecule has 14 heteroatoms. The van der Waals surface area contributed by atoms with Gasteiger partial charge in [-0.15, -0.1) is 0 Å². The molecule has 0 N–H and O–H groups in total. The van der Waals surface area contributed by atoms with Gasteiger partial charge in [0.15, 0.2) is 14.4 Å². The summed E-state index contributed by atoms with van der Waals surface area (Å²) >= 11 is 0. The summed E-state index contributed by atoms with van der Waals surface area (Å²) in [6.07, 6.45) is -4.01. The highest BCUT2D eigenvalue weighted by molar-refractivity contribution is 7.86. The lowest BCUT2D eigenvalue weighted by Gasteiger charge is -2.47. The van der Waals surface area contributed by atoms with E-state index in [1.54, 1.807) is 21.9 Å². The Kier molecular flexibility index (Phi) is 8.62. The fraction of sp³-hybridized carbons (Fsp3) is 0.593. The van der Waals surface area contributed by atoms with Crippen LogP contribution in [-0.4, -0.2) is 75.4 Å². The summed E-state index contributed by atoms with van der Waals surface area (Å²) in [7, 11) is -6.50. The van der Waals surface area contributed by atoms with Crippen LogP contribution < -0.4 is 4.90 Å². The summed E-state index contributed by atoms with van der Waals surface area (Å²) < 4.78 is 77.0. The number of alkyl halides is 3. The first-order valence-electron chi connectivity index (χ1n) is 13.5. The fourth-order valence-corrected chi connectivity index (χ4v) is 7.16. The topological polar surface area (TPSA) is 102 Å². The lowest BCUT2D eigenvalue weighted by molar-refractivity contribution is -0.138. The van der Waals surface area contributed by atoms with Crippen LogP contribution in [0.1, 0.15) is 44.7 Å². The molecule has 2 fully saturated rings. The number of benzene rings is 1. The van der Waals surface area contributed by atoms with Crippen LogP contribution in [0, 0.1) is 6.92 Å². The van der Waals surface area contributed by atoms with E-state index in [9.17, 15) is 26.4 Å². The number of nitrogens with zero attached hydrogens (tertiary/aromatic N) is 4. The van der Waals surface area contributed by atoms with Gasteiger partial charge in [0.25, 0.3) is 16.0 Å². The van der Waals surface area contributed by atoms with E-state index in [0.29, 0.717) is 19.5 Å². The van der Waals surface area contributed by atoms with Gasteiger partial charge in [-0.2, -0.15) is 21.6 Å². The van der Waals surface area contributed by atoms with E-state index in [4.69, 9.17) is 8.61 Å². The number of carbonyl (C=O) groups excluding carboxylic acids is 1. The molecule has 0 aliphatic carbocycles. The summed E-state index contributed by atoms with van der Waals surface area (Å²) in [5.74, 6) is -0.271. The van der Waals surface area contributed by atoms with E-state index in [1.807, 2.05) is 6.92 Å². The molecular formula is C27H37F3N4O5SSi. The number of amides is 1. The second kappa shape index (κ2) is 11.3. The van der Waals surface area contributed by atoms with Gasteiger partial charge >= 0.3 is 6.18 Å². The molecule has 1 aromatic heterocycles. The molecule has 0 unspecified atom stereocenters. The van der Waals surface area contributed by atoms with Crippen LogP contribution >= 0.6 is 0 Å². The van der Waals surface area contributed by atoms with E-state index < -0.39 is 48.3 Å². The number of aromatic nitrogens is 2. The van der Waals surface area contributed by atoms with Crippen molar-refractivity contribution in [1.82, 2.24) is 14.9 Å². The molecule has 0 radical (unpaired) electrons. The third-order valence-corrected chi connectivity index (χ3v) is 14.0. The summed E-state index contributed by atoms with van der Waals surface area (Å²) in [6.45, 7) is 13.2. The predicted octanol–water partition coefficient (Wildman–Crippen LogP) is 4.78. The Morgan fingerprint density at radius 1 is 1.00 bits per heavy atom. The molecule has 2 saturated heterocycles. The Hall–Kier alpha value is -2.55. The number of hydrogen-bond donors (Lipinski definition) is 0. The highest BCUT2D eigenvalue weighted by atomic mass is 32.2. The number of hydrogen-bond acceptors (Lipinski definition) is 8. The zero-order valence-electron chi connectivity index (χ0n) is 24.1. The van der Waals surface area contributed by atoms with E-state index in [2.05, 4.69) is 43.8 Å². The number of anilines is 1. The summed E-state index contributed by atoms with van der Waals surface area (Å²) in [6, 6.07) is 5.85. The first-order valence-corrected chi connectivity index (χ1v) is 17.8. The van der Waals surface area contributed by atoms with Crippen molar-refractivity contribution in [2.75, 3.05) is 24.5 Å². The van der Waals surface area contributed by atoms with Crippen molar-refractivity contribution in [1.29, 1.82) is 0 Å². The number of rotatable bonds is 7. The molecule has 1 aromatic carbocycles. The highest BCUT2D eigenvalue weighted by Crippen LogP contribution is 2.40. The molecule has 0 spiro atoms. The predicted molar refractivity (Wildman–Crippen MR) is 149 cm³/mol. The van der Waals surface area contributed by atoms with Crippen molar-refractivity contribution in [3.63, 3.8) is 0 Å². The van der Waals surface area contributed by atoms with Crippen LogP contribution in [0.2, 0.25) is 18.1 Å². The molecular weight excluding hydrogens is 577 g/mol. The fourth-order valence-electron chi connectivity index (χ4n) is 4.75. The largest absolute Gasteiger partial charge is 0.419 e. The van der Waals surface area contributed by atoms with Gasteiger partial charge in [-0.25, -0.2) is 9.97 Å². The molecule has 1 amide bonds. The van der Waals surface area contributed by atoms with Crippen LogP contribution in [-0.2, 0) is 29.7 Å². The molecule has 226 valence electrons. The number of likely N-dealkylation sites (tertiary alicyclic amines) is 1. The Labute approximate surface area is 240 Å². The van der Waals surface area contributed by atoms with Crippen LogP contribution in [0.15, 0.2) is 41.6 Å². The molecule has 41 heavy (non-hydrogen) atoms. The van der Waals surface area contributed by atoms with Crippen molar-refractivity contribution >= 4 is 30.3 Å². The summed E-state index contributed by atoms with van der Waals surface area (Å²) in [4.78, 5) is 24.8. The Morgan fingerprint density at radius 2 is 1.61 bits per heavy atom. The second-order valence-corrected chi connectivity index (χ2v) is 18.5. The van der Waals surface area contributed by atoms with Crippen LogP contribution in [0.4, 0.5) is 19.1 Å². The van der Waals surface area contributed by atoms with Crippen LogP contribution in [0.3, 0.4) is 0 Å². The molecule has 2 aliphatic heterocycles. The van der Waals surface area contributed by atoms with Crippen molar-refractivity contribution in [3.8, 4) is 0 Å². The third kappa shape index (κ3) is 6.92. The number of aryl methyl sites for hydroxylation is 1. The van der Waals surface area contributed by atoms with E-state index in [1.165, 1.54) is 12.1 Å². The van der Waals surface area contributed by atoms with Gasteiger partial charge in [-0.05, 0) is 43.6 Å².